The third-order valence-electron chi connectivity index (χ3n) is 3.65. The molecule has 1 aliphatic rings. The summed E-state index contributed by atoms with van der Waals surface area (Å²) in [5.41, 5.74) is 0.159. The Morgan fingerprint density at radius 1 is 1.60 bits per heavy atom. The van der Waals surface area contributed by atoms with Gasteiger partial charge < -0.3 is 14.7 Å². The maximum Gasteiger partial charge on any atom is 0.335 e. The number of hydrogen-bond acceptors (Lipinski definition) is 4. The summed E-state index contributed by atoms with van der Waals surface area (Å²) in [4.78, 5) is 17.4. The molecule has 0 saturated heterocycles. The molecule has 1 fully saturated rings. The van der Waals surface area contributed by atoms with Crippen molar-refractivity contribution in [1.29, 1.82) is 0 Å². The average molecular weight is 299 g/mol. The zero-order chi connectivity index (χ0) is 14.7. The van der Waals surface area contributed by atoms with Gasteiger partial charge in [0.2, 0.25) is 0 Å². The number of carboxylic acid groups (broad SMARTS) is 1. The second kappa shape index (κ2) is 6.41. The van der Waals surface area contributed by atoms with E-state index in [1.54, 1.807) is 13.2 Å². The van der Waals surface area contributed by atoms with E-state index in [0.29, 0.717) is 24.9 Å². The minimum atomic E-state index is -0.998. The lowest BCUT2D eigenvalue weighted by molar-refractivity contribution is 0.0697. The molecule has 1 N–H and O–H groups in total. The van der Waals surface area contributed by atoms with Gasteiger partial charge in [-0.1, -0.05) is 18.5 Å². The van der Waals surface area contributed by atoms with Crippen LogP contribution in [-0.4, -0.2) is 42.9 Å². The van der Waals surface area contributed by atoms with Crippen LogP contribution in [0.5, 0.6) is 0 Å². The molecule has 1 saturated carbocycles. The smallest absolute Gasteiger partial charge is 0.335 e. The minimum absolute atomic E-state index is 0.159. The van der Waals surface area contributed by atoms with E-state index in [1.807, 2.05) is 0 Å². The van der Waals surface area contributed by atoms with Crippen LogP contribution in [0.3, 0.4) is 0 Å². The molecule has 110 valence electrons. The monoisotopic (exact) mass is 298 g/mol. The highest BCUT2D eigenvalue weighted by atomic mass is 35.5. The van der Waals surface area contributed by atoms with Gasteiger partial charge >= 0.3 is 5.97 Å². The highest BCUT2D eigenvalue weighted by molar-refractivity contribution is 6.29. The molecular formula is C14H19ClN2O3. The Morgan fingerprint density at radius 3 is 2.85 bits per heavy atom. The third kappa shape index (κ3) is 3.84. The molecule has 20 heavy (non-hydrogen) atoms. The van der Waals surface area contributed by atoms with Gasteiger partial charge in [0.15, 0.2) is 0 Å². The summed E-state index contributed by atoms with van der Waals surface area (Å²) >= 11 is 5.92. The minimum Gasteiger partial charge on any atom is -0.478 e. The molecule has 1 aromatic heterocycles. The summed E-state index contributed by atoms with van der Waals surface area (Å²) in [7, 11) is 1.64. The molecule has 0 amide bonds. The molecule has 0 radical (unpaired) electrons. The topological polar surface area (TPSA) is 62.7 Å². The van der Waals surface area contributed by atoms with E-state index in [-0.39, 0.29) is 10.7 Å². The second-order valence-corrected chi connectivity index (χ2v) is 5.64. The average Bonchev–Trinajstić information content (AvgIpc) is 3.09. The Balaban J connectivity index is 2.19. The first-order chi connectivity index (χ1) is 9.51. The highest BCUT2D eigenvalue weighted by Gasteiger charge is 2.34. The van der Waals surface area contributed by atoms with Crippen LogP contribution >= 0.6 is 11.6 Å². The fourth-order valence-corrected chi connectivity index (χ4v) is 2.41. The summed E-state index contributed by atoms with van der Waals surface area (Å²) in [6.07, 6.45) is 1.20. The molecule has 0 bridgehead atoms. The molecule has 1 aliphatic carbocycles. The predicted molar refractivity (Wildman–Crippen MR) is 77.6 cm³/mol. The van der Waals surface area contributed by atoms with E-state index in [4.69, 9.17) is 21.4 Å². The number of aromatic nitrogens is 1. The van der Waals surface area contributed by atoms with Gasteiger partial charge in [0.05, 0.1) is 12.2 Å². The van der Waals surface area contributed by atoms with E-state index in [0.717, 1.165) is 12.5 Å². The SMILES string of the molecule is COCCN(CC1CC1C)c1cc(C(=O)O)cc(Cl)n1. The molecule has 1 heterocycles. The van der Waals surface area contributed by atoms with E-state index in [2.05, 4.69) is 16.8 Å². The lowest BCUT2D eigenvalue weighted by Crippen LogP contribution is -2.30. The molecule has 5 nitrogen and oxygen atoms in total. The number of rotatable bonds is 7. The summed E-state index contributed by atoms with van der Waals surface area (Å²) in [6.45, 7) is 4.31. The molecule has 0 spiro atoms. The zero-order valence-electron chi connectivity index (χ0n) is 11.7. The largest absolute Gasteiger partial charge is 0.478 e. The van der Waals surface area contributed by atoms with E-state index >= 15 is 0 Å². The van der Waals surface area contributed by atoms with Crippen molar-refractivity contribution in [2.45, 2.75) is 13.3 Å². The lowest BCUT2D eigenvalue weighted by atomic mass is 10.2. The van der Waals surface area contributed by atoms with Crippen molar-refractivity contribution in [3.8, 4) is 0 Å². The van der Waals surface area contributed by atoms with Gasteiger partial charge in [-0.2, -0.15) is 0 Å². The number of pyridine rings is 1. The molecular weight excluding hydrogens is 280 g/mol. The molecule has 0 aromatic carbocycles. The van der Waals surface area contributed by atoms with Crippen LogP contribution in [0.4, 0.5) is 5.82 Å². The Bertz CT molecular complexity index is 495. The van der Waals surface area contributed by atoms with Crippen LogP contribution in [0.2, 0.25) is 5.15 Å². The van der Waals surface area contributed by atoms with Gasteiger partial charge in [-0.05, 0) is 30.4 Å². The number of anilines is 1. The highest BCUT2D eigenvalue weighted by Crippen LogP contribution is 2.38. The van der Waals surface area contributed by atoms with E-state index in [9.17, 15) is 4.79 Å². The third-order valence-corrected chi connectivity index (χ3v) is 3.84. The molecule has 2 unspecified atom stereocenters. The molecule has 0 aliphatic heterocycles. The Morgan fingerprint density at radius 2 is 2.30 bits per heavy atom. The first-order valence-corrected chi connectivity index (χ1v) is 7.04. The summed E-state index contributed by atoms with van der Waals surface area (Å²) in [5.74, 6) is 0.965. The number of carboxylic acids is 1. The zero-order valence-corrected chi connectivity index (χ0v) is 12.4. The van der Waals surface area contributed by atoms with Crippen molar-refractivity contribution in [3.05, 3.63) is 22.8 Å². The van der Waals surface area contributed by atoms with Gasteiger partial charge in [-0.3, -0.25) is 0 Å². The van der Waals surface area contributed by atoms with Gasteiger partial charge in [-0.25, -0.2) is 9.78 Å². The molecule has 1 aromatic rings. The van der Waals surface area contributed by atoms with Gasteiger partial charge in [0, 0.05) is 20.2 Å². The van der Waals surface area contributed by atoms with Crippen LogP contribution in [0.1, 0.15) is 23.7 Å². The molecule has 6 heteroatoms. The maximum atomic E-state index is 11.1. The normalized spacial score (nSPS) is 20.8. The summed E-state index contributed by atoms with van der Waals surface area (Å²) < 4.78 is 5.11. The van der Waals surface area contributed by atoms with Crippen molar-refractivity contribution in [2.75, 3.05) is 31.7 Å². The maximum absolute atomic E-state index is 11.1. The lowest BCUT2D eigenvalue weighted by Gasteiger charge is -2.24. The molecule has 2 rings (SSSR count). The van der Waals surface area contributed by atoms with Crippen molar-refractivity contribution in [3.63, 3.8) is 0 Å². The van der Waals surface area contributed by atoms with Crippen LogP contribution in [0, 0.1) is 11.8 Å². The van der Waals surface area contributed by atoms with Crippen molar-refractivity contribution in [1.82, 2.24) is 4.98 Å². The standard InChI is InChI=1S/C14H19ClN2O3/c1-9-5-11(9)8-17(3-4-20-2)13-7-10(14(18)19)6-12(15)16-13/h6-7,9,11H,3-5,8H2,1-2H3,(H,18,19). The van der Waals surface area contributed by atoms with Crippen LogP contribution in [0.15, 0.2) is 12.1 Å². The summed E-state index contributed by atoms with van der Waals surface area (Å²) in [5, 5.41) is 9.30. The Labute approximate surface area is 123 Å². The number of carbonyl (C=O) groups is 1. The predicted octanol–water partition coefficient (Wildman–Crippen LogP) is 2.54. The number of ether oxygens (including phenoxy) is 1. The summed E-state index contributed by atoms with van der Waals surface area (Å²) in [6, 6.07) is 2.93. The van der Waals surface area contributed by atoms with Crippen LogP contribution < -0.4 is 4.90 Å². The number of nitrogens with zero attached hydrogens (tertiary/aromatic N) is 2. The first kappa shape index (κ1) is 15.1. The number of hydrogen-bond donors (Lipinski definition) is 1. The Hall–Kier alpha value is -1.33. The number of aromatic carboxylic acids is 1. The van der Waals surface area contributed by atoms with Crippen molar-refractivity contribution < 1.29 is 14.6 Å². The quantitative estimate of drug-likeness (QED) is 0.784. The van der Waals surface area contributed by atoms with Crippen molar-refractivity contribution >= 4 is 23.4 Å². The van der Waals surface area contributed by atoms with E-state index in [1.165, 1.54) is 12.5 Å². The number of methoxy groups -OCH3 is 1. The number of halogens is 1. The fraction of sp³-hybridized carbons (Fsp3) is 0.571. The fourth-order valence-electron chi connectivity index (χ4n) is 2.21. The van der Waals surface area contributed by atoms with Crippen molar-refractivity contribution in [2.24, 2.45) is 11.8 Å². The van der Waals surface area contributed by atoms with E-state index < -0.39 is 5.97 Å². The first-order valence-electron chi connectivity index (χ1n) is 6.66. The Kier molecular flexibility index (Phi) is 4.83. The molecule has 2 atom stereocenters. The van der Waals surface area contributed by atoms with Gasteiger partial charge in [-0.15, -0.1) is 0 Å². The second-order valence-electron chi connectivity index (χ2n) is 5.25. The van der Waals surface area contributed by atoms with Gasteiger partial charge in [0.1, 0.15) is 11.0 Å². The van der Waals surface area contributed by atoms with Gasteiger partial charge in [0.25, 0.3) is 0 Å². The van der Waals surface area contributed by atoms with Crippen LogP contribution in [-0.2, 0) is 4.74 Å². The van der Waals surface area contributed by atoms with Crippen LogP contribution in [0.25, 0.3) is 0 Å².